The molecule has 1 atom stereocenters. The molecule has 8 nitrogen and oxygen atoms in total. The number of hydrogen-bond donors (Lipinski definition) is 0. The summed E-state index contributed by atoms with van der Waals surface area (Å²) in [5.41, 5.74) is 2.59. The lowest BCUT2D eigenvalue weighted by Gasteiger charge is -2.23. The molecule has 0 bridgehead atoms. The van der Waals surface area contributed by atoms with E-state index in [1.807, 2.05) is 4.57 Å². The molecule has 1 fully saturated rings. The van der Waals surface area contributed by atoms with Crippen LogP contribution in [0.1, 0.15) is 52.9 Å². The van der Waals surface area contributed by atoms with Crippen molar-refractivity contribution in [1.82, 2.24) is 24.5 Å². The van der Waals surface area contributed by atoms with Crippen molar-refractivity contribution in [2.75, 3.05) is 6.61 Å². The number of Topliss-reactive ketones (excluding diaryl/α,β-unsaturated/α-hetero) is 1. The highest BCUT2D eigenvalue weighted by Crippen LogP contribution is 2.32. The van der Waals surface area contributed by atoms with Crippen molar-refractivity contribution in [2.45, 2.75) is 38.3 Å². The van der Waals surface area contributed by atoms with Gasteiger partial charge in [0.2, 0.25) is 5.78 Å². The SMILES string of the molecule is O=C(Cc1ccc(F)c(Cc2ncccc2-c2ncnc3c2ncn3C2CCCCO2)c1F)c1ccco1. The molecule has 1 aliphatic heterocycles. The van der Waals surface area contributed by atoms with E-state index in [9.17, 15) is 9.18 Å². The highest BCUT2D eigenvalue weighted by molar-refractivity contribution is 5.95. The van der Waals surface area contributed by atoms with Crippen molar-refractivity contribution in [3.05, 3.63) is 95.7 Å². The minimum atomic E-state index is -0.784. The Morgan fingerprint density at radius 2 is 1.97 bits per heavy atom. The van der Waals surface area contributed by atoms with Crippen LogP contribution in [0.3, 0.4) is 0 Å². The summed E-state index contributed by atoms with van der Waals surface area (Å²) < 4.78 is 43.3. The van der Waals surface area contributed by atoms with E-state index in [0.717, 1.165) is 19.3 Å². The van der Waals surface area contributed by atoms with Crippen LogP contribution in [0.15, 0.2) is 65.9 Å². The summed E-state index contributed by atoms with van der Waals surface area (Å²) in [6.07, 6.45) is 8.45. The van der Waals surface area contributed by atoms with E-state index in [-0.39, 0.29) is 36.0 Å². The lowest BCUT2D eigenvalue weighted by atomic mass is 9.97. The second kappa shape index (κ2) is 10.2. The maximum Gasteiger partial charge on any atom is 0.202 e. The van der Waals surface area contributed by atoms with Crippen molar-refractivity contribution in [1.29, 1.82) is 0 Å². The molecule has 38 heavy (non-hydrogen) atoms. The molecule has 0 saturated carbocycles. The zero-order chi connectivity index (χ0) is 26.1. The van der Waals surface area contributed by atoms with Gasteiger partial charge in [-0.2, -0.15) is 0 Å². The topological polar surface area (TPSA) is 95.9 Å². The number of ether oxygens (including phenoxy) is 1. The largest absolute Gasteiger partial charge is 0.461 e. The number of nitrogens with zero attached hydrogens (tertiary/aromatic N) is 5. The Morgan fingerprint density at radius 1 is 1.05 bits per heavy atom. The van der Waals surface area contributed by atoms with Crippen molar-refractivity contribution in [3.8, 4) is 11.3 Å². The first-order valence-electron chi connectivity index (χ1n) is 12.4. The molecule has 4 aromatic heterocycles. The number of imidazole rings is 1. The fourth-order valence-electron chi connectivity index (χ4n) is 4.81. The van der Waals surface area contributed by atoms with Gasteiger partial charge < -0.3 is 9.15 Å². The number of rotatable bonds is 7. The predicted molar refractivity (Wildman–Crippen MR) is 133 cm³/mol. The summed E-state index contributed by atoms with van der Waals surface area (Å²) in [6.45, 7) is 0.679. The zero-order valence-electron chi connectivity index (χ0n) is 20.3. The first-order valence-corrected chi connectivity index (χ1v) is 12.4. The molecule has 6 rings (SSSR count). The number of hydrogen-bond acceptors (Lipinski definition) is 7. The van der Waals surface area contributed by atoms with Crippen LogP contribution in [0.5, 0.6) is 0 Å². The van der Waals surface area contributed by atoms with E-state index in [1.165, 1.54) is 30.8 Å². The molecule has 0 amide bonds. The molecule has 0 radical (unpaired) electrons. The van der Waals surface area contributed by atoms with Gasteiger partial charge in [-0.1, -0.05) is 6.07 Å². The standard InChI is InChI=1S/C28H23F2N5O3/c29-20-9-8-17(13-22(36)23-6-4-12-37-23)25(30)19(20)14-21-18(5-3-10-31-21)26-27-28(33-15-32-26)35(16-34-27)24-7-1-2-11-38-24/h3-6,8-10,12,15-16,24H,1-2,7,11,13-14H2. The van der Waals surface area contributed by atoms with Crippen LogP contribution in [-0.4, -0.2) is 36.9 Å². The number of furan rings is 1. The number of ketones is 1. The average molecular weight is 516 g/mol. The van der Waals surface area contributed by atoms with Crippen LogP contribution in [-0.2, 0) is 17.6 Å². The molecule has 5 heterocycles. The lowest BCUT2D eigenvalue weighted by Crippen LogP contribution is -2.17. The Morgan fingerprint density at radius 3 is 2.79 bits per heavy atom. The second-order valence-electron chi connectivity index (χ2n) is 9.12. The van der Waals surface area contributed by atoms with Crippen LogP contribution in [0, 0.1) is 11.6 Å². The molecule has 0 aliphatic carbocycles. The third kappa shape index (κ3) is 4.47. The first kappa shape index (κ1) is 24.1. The van der Waals surface area contributed by atoms with E-state index < -0.39 is 17.4 Å². The van der Waals surface area contributed by atoms with Crippen molar-refractivity contribution >= 4 is 16.9 Å². The van der Waals surface area contributed by atoms with Gasteiger partial charge in [0.05, 0.1) is 18.3 Å². The quantitative estimate of drug-likeness (QED) is 0.265. The van der Waals surface area contributed by atoms with Gasteiger partial charge in [-0.15, -0.1) is 0 Å². The number of fused-ring (bicyclic) bond motifs is 1. The Bertz CT molecular complexity index is 1610. The fourth-order valence-corrected chi connectivity index (χ4v) is 4.81. The van der Waals surface area contributed by atoms with Crippen molar-refractivity contribution < 1.29 is 22.7 Å². The van der Waals surface area contributed by atoms with Gasteiger partial charge >= 0.3 is 0 Å². The molecule has 1 aliphatic rings. The summed E-state index contributed by atoms with van der Waals surface area (Å²) in [5.74, 6) is -1.79. The van der Waals surface area contributed by atoms with Gasteiger partial charge in [-0.05, 0) is 55.2 Å². The highest BCUT2D eigenvalue weighted by Gasteiger charge is 2.23. The van der Waals surface area contributed by atoms with Crippen LogP contribution in [0.4, 0.5) is 8.78 Å². The Balaban J connectivity index is 1.36. The van der Waals surface area contributed by atoms with Crippen LogP contribution in [0.25, 0.3) is 22.4 Å². The van der Waals surface area contributed by atoms with Gasteiger partial charge in [0.25, 0.3) is 0 Å². The molecule has 192 valence electrons. The number of carbonyl (C=O) groups is 1. The summed E-state index contributed by atoms with van der Waals surface area (Å²) >= 11 is 0. The molecule has 0 spiro atoms. The second-order valence-corrected chi connectivity index (χ2v) is 9.12. The Hall–Kier alpha value is -4.31. The summed E-state index contributed by atoms with van der Waals surface area (Å²) in [4.78, 5) is 30.3. The number of benzene rings is 1. The van der Waals surface area contributed by atoms with Crippen molar-refractivity contribution in [2.24, 2.45) is 0 Å². The van der Waals surface area contributed by atoms with Crippen molar-refractivity contribution in [3.63, 3.8) is 0 Å². The maximum atomic E-state index is 15.5. The Kier molecular flexibility index (Phi) is 6.47. The number of carbonyl (C=O) groups excluding carboxylic acids is 1. The van der Waals surface area contributed by atoms with E-state index in [0.29, 0.717) is 34.7 Å². The van der Waals surface area contributed by atoms with E-state index in [4.69, 9.17) is 9.15 Å². The fraction of sp³-hybridized carbons (Fsp3) is 0.250. The zero-order valence-corrected chi connectivity index (χ0v) is 20.3. The third-order valence-electron chi connectivity index (χ3n) is 6.73. The minimum absolute atomic E-state index is 0.0796. The Labute approximate surface area is 216 Å². The first-order chi connectivity index (χ1) is 18.6. The molecule has 1 unspecified atom stereocenters. The number of halogens is 2. The normalized spacial score (nSPS) is 15.7. The number of pyridine rings is 1. The van der Waals surface area contributed by atoms with Gasteiger partial charge in [-0.25, -0.2) is 23.7 Å². The smallest absolute Gasteiger partial charge is 0.202 e. The van der Waals surface area contributed by atoms with Gasteiger partial charge in [0.15, 0.2) is 11.4 Å². The molecule has 10 heteroatoms. The molecule has 1 saturated heterocycles. The van der Waals surface area contributed by atoms with Crippen LogP contribution >= 0.6 is 0 Å². The molecular weight excluding hydrogens is 492 g/mol. The highest BCUT2D eigenvalue weighted by atomic mass is 19.1. The summed E-state index contributed by atoms with van der Waals surface area (Å²) in [7, 11) is 0. The summed E-state index contributed by atoms with van der Waals surface area (Å²) in [6, 6.07) is 9.06. The third-order valence-corrected chi connectivity index (χ3v) is 6.73. The van der Waals surface area contributed by atoms with Crippen LogP contribution in [0.2, 0.25) is 0 Å². The van der Waals surface area contributed by atoms with Crippen LogP contribution < -0.4 is 0 Å². The molecule has 1 aromatic carbocycles. The van der Waals surface area contributed by atoms with Gasteiger partial charge in [0, 0.05) is 36.8 Å². The molecular formula is C28H23F2N5O3. The van der Waals surface area contributed by atoms with E-state index >= 15 is 4.39 Å². The average Bonchev–Trinajstić information content (AvgIpc) is 3.64. The lowest BCUT2D eigenvalue weighted by molar-refractivity contribution is -0.0298. The van der Waals surface area contributed by atoms with E-state index in [1.54, 1.807) is 30.7 Å². The minimum Gasteiger partial charge on any atom is -0.461 e. The summed E-state index contributed by atoms with van der Waals surface area (Å²) in [5, 5.41) is 0. The van der Waals surface area contributed by atoms with E-state index in [2.05, 4.69) is 19.9 Å². The number of aromatic nitrogens is 5. The predicted octanol–water partition coefficient (Wildman–Crippen LogP) is 5.47. The van der Waals surface area contributed by atoms with Gasteiger partial charge in [0.1, 0.15) is 35.4 Å². The molecule has 0 N–H and O–H groups in total. The molecule has 5 aromatic rings. The maximum absolute atomic E-state index is 15.5. The van der Waals surface area contributed by atoms with Gasteiger partial charge in [-0.3, -0.25) is 14.3 Å². The monoisotopic (exact) mass is 515 g/mol.